The fraction of sp³-hybridized carbons (Fsp3) is 0.650. The van der Waals surface area contributed by atoms with Crippen molar-refractivity contribution >= 4 is 11.6 Å². The van der Waals surface area contributed by atoms with Gasteiger partial charge in [0.2, 0.25) is 5.91 Å². The summed E-state index contributed by atoms with van der Waals surface area (Å²) in [6.07, 6.45) is 8.54. The minimum absolute atomic E-state index is 0.178. The first kappa shape index (κ1) is 15.9. The van der Waals surface area contributed by atoms with Gasteiger partial charge in [0.15, 0.2) is 0 Å². The molecule has 1 amide bonds. The van der Waals surface area contributed by atoms with Crippen molar-refractivity contribution in [2.75, 3.05) is 25.0 Å². The van der Waals surface area contributed by atoms with Crippen LogP contribution in [0.1, 0.15) is 44.9 Å². The molecule has 1 aromatic carbocycles. The Bertz CT molecular complexity index is 562. The molecule has 4 heteroatoms. The number of nitrogens with one attached hydrogen (secondary N) is 1. The van der Waals surface area contributed by atoms with Crippen molar-refractivity contribution < 1.29 is 9.53 Å². The van der Waals surface area contributed by atoms with Crippen molar-refractivity contribution in [3.63, 3.8) is 0 Å². The average Bonchev–Trinajstić information content (AvgIpc) is 3.54. The lowest BCUT2D eigenvalue weighted by molar-refractivity contribution is -0.120. The molecule has 1 N–H and O–H groups in total. The second-order valence-corrected chi connectivity index (χ2v) is 7.71. The fourth-order valence-corrected chi connectivity index (χ4v) is 3.67. The SMILES string of the molecule is O=C(Nc1ccc(OCC2CN2CC2CC2)cc1)C1CCCCC1. The van der Waals surface area contributed by atoms with Gasteiger partial charge >= 0.3 is 0 Å². The molecule has 24 heavy (non-hydrogen) atoms. The molecule has 2 unspecified atom stereocenters. The quantitative estimate of drug-likeness (QED) is 0.776. The van der Waals surface area contributed by atoms with Crippen LogP contribution in [0.25, 0.3) is 0 Å². The lowest BCUT2D eigenvalue weighted by atomic mass is 9.88. The molecule has 2 atom stereocenters. The summed E-state index contributed by atoms with van der Waals surface area (Å²) in [6, 6.07) is 8.43. The minimum atomic E-state index is 0.178. The third-order valence-electron chi connectivity index (χ3n) is 5.56. The van der Waals surface area contributed by atoms with E-state index in [4.69, 9.17) is 4.74 Å². The highest BCUT2D eigenvalue weighted by atomic mass is 16.5. The van der Waals surface area contributed by atoms with E-state index in [9.17, 15) is 4.79 Å². The van der Waals surface area contributed by atoms with Crippen molar-refractivity contribution in [2.24, 2.45) is 11.8 Å². The molecular weight excluding hydrogens is 300 g/mol. The molecule has 3 fully saturated rings. The van der Waals surface area contributed by atoms with E-state index in [2.05, 4.69) is 10.2 Å². The van der Waals surface area contributed by atoms with E-state index in [-0.39, 0.29) is 11.8 Å². The van der Waals surface area contributed by atoms with Crippen molar-refractivity contribution in [2.45, 2.75) is 51.0 Å². The van der Waals surface area contributed by atoms with Gasteiger partial charge in [0.25, 0.3) is 0 Å². The first-order valence-electron chi connectivity index (χ1n) is 9.56. The van der Waals surface area contributed by atoms with Crippen LogP contribution < -0.4 is 10.1 Å². The molecule has 130 valence electrons. The van der Waals surface area contributed by atoms with Crippen LogP contribution in [0.15, 0.2) is 24.3 Å². The van der Waals surface area contributed by atoms with Gasteiger partial charge < -0.3 is 10.1 Å². The van der Waals surface area contributed by atoms with Gasteiger partial charge in [-0.3, -0.25) is 9.69 Å². The minimum Gasteiger partial charge on any atom is -0.492 e. The van der Waals surface area contributed by atoms with Gasteiger partial charge in [-0.1, -0.05) is 19.3 Å². The van der Waals surface area contributed by atoms with E-state index < -0.39 is 0 Å². The van der Waals surface area contributed by atoms with Gasteiger partial charge in [0.1, 0.15) is 12.4 Å². The number of carbonyl (C=O) groups excluding carboxylic acids is 1. The molecule has 1 heterocycles. The fourth-order valence-electron chi connectivity index (χ4n) is 3.67. The molecule has 0 bridgehead atoms. The van der Waals surface area contributed by atoms with Crippen LogP contribution >= 0.6 is 0 Å². The average molecular weight is 328 g/mol. The largest absolute Gasteiger partial charge is 0.492 e. The highest BCUT2D eigenvalue weighted by Crippen LogP contribution is 2.33. The monoisotopic (exact) mass is 328 g/mol. The van der Waals surface area contributed by atoms with Gasteiger partial charge in [0.05, 0.1) is 6.04 Å². The van der Waals surface area contributed by atoms with Crippen molar-refractivity contribution in [3.05, 3.63) is 24.3 Å². The molecule has 2 saturated carbocycles. The molecule has 1 saturated heterocycles. The molecule has 1 aliphatic heterocycles. The van der Waals surface area contributed by atoms with E-state index in [0.29, 0.717) is 6.04 Å². The molecule has 0 radical (unpaired) electrons. The third-order valence-corrected chi connectivity index (χ3v) is 5.56. The zero-order chi connectivity index (χ0) is 16.4. The van der Waals surface area contributed by atoms with Crippen LogP contribution in [0.2, 0.25) is 0 Å². The Labute approximate surface area is 144 Å². The Morgan fingerprint density at radius 3 is 2.54 bits per heavy atom. The Kier molecular flexibility index (Phi) is 4.74. The van der Waals surface area contributed by atoms with Crippen LogP contribution in [0.4, 0.5) is 5.69 Å². The maximum atomic E-state index is 12.3. The molecule has 3 aliphatic rings. The molecule has 0 spiro atoms. The number of rotatable bonds is 7. The lowest BCUT2D eigenvalue weighted by Crippen LogP contribution is -2.24. The Morgan fingerprint density at radius 2 is 1.83 bits per heavy atom. The highest BCUT2D eigenvalue weighted by Gasteiger charge is 2.38. The summed E-state index contributed by atoms with van der Waals surface area (Å²) in [5, 5.41) is 3.05. The summed E-state index contributed by atoms with van der Waals surface area (Å²) in [5.74, 6) is 2.23. The molecule has 1 aromatic rings. The smallest absolute Gasteiger partial charge is 0.227 e. The second kappa shape index (κ2) is 7.14. The first-order chi connectivity index (χ1) is 11.8. The molecule has 2 aliphatic carbocycles. The van der Waals surface area contributed by atoms with Crippen LogP contribution in [-0.4, -0.2) is 36.5 Å². The topological polar surface area (TPSA) is 41.3 Å². The van der Waals surface area contributed by atoms with Gasteiger partial charge in [-0.25, -0.2) is 0 Å². The third kappa shape index (κ3) is 4.29. The summed E-state index contributed by atoms with van der Waals surface area (Å²) in [6.45, 7) is 3.23. The number of amides is 1. The number of ether oxygens (including phenoxy) is 1. The zero-order valence-electron chi connectivity index (χ0n) is 14.4. The summed E-state index contributed by atoms with van der Waals surface area (Å²) in [4.78, 5) is 14.8. The molecular formula is C20H28N2O2. The highest BCUT2D eigenvalue weighted by molar-refractivity contribution is 5.92. The molecule has 4 nitrogen and oxygen atoms in total. The van der Waals surface area contributed by atoms with E-state index in [1.54, 1.807) is 0 Å². The van der Waals surface area contributed by atoms with E-state index in [0.717, 1.165) is 36.8 Å². The summed E-state index contributed by atoms with van der Waals surface area (Å²) >= 11 is 0. The molecule has 0 aromatic heterocycles. The van der Waals surface area contributed by atoms with Gasteiger partial charge in [0, 0.05) is 24.7 Å². The first-order valence-corrected chi connectivity index (χ1v) is 9.56. The normalized spacial score (nSPS) is 26.8. The van der Waals surface area contributed by atoms with Crippen molar-refractivity contribution in [1.82, 2.24) is 4.90 Å². The van der Waals surface area contributed by atoms with Crippen LogP contribution in [0, 0.1) is 11.8 Å². The Balaban J connectivity index is 1.20. The number of carbonyl (C=O) groups is 1. The number of hydrogen-bond donors (Lipinski definition) is 1. The van der Waals surface area contributed by atoms with Crippen LogP contribution in [0.5, 0.6) is 5.75 Å². The lowest BCUT2D eigenvalue weighted by Gasteiger charge is -2.20. The van der Waals surface area contributed by atoms with E-state index >= 15 is 0 Å². The second-order valence-electron chi connectivity index (χ2n) is 7.71. The van der Waals surface area contributed by atoms with Gasteiger partial charge in [-0.15, -0.1) is 0 Å². The van der Waals surface area contributed by atoms with E-state index in [1.165, 1.54) is 45.2 Å². The van der Waals surface area contributed by atoms with Gasteiger partial charge in [-0.05, 0) is 55.9 Å². The summed E-state index contributed by atoms with van der Waals surface area (Å²) in [5.41, 5.74) is 0.875. The maximum Gasteiger partial charge on any atom is 0.227 e. The number of benzene rings is 1. The Morgan fingerprint density at radius 1 is 1.08 bits per heavy atom. The number of anilines is 1. The summed E-state index contributed by atoms with van der Waals surface area (Å²) in [7, 11) is 0. The Hall–Kier alpha value is -1.55. The number of nitrogens with zero attached hydrogens (tertiary/aromatic N) is 1. The summed E-state index contributed by atoms with van der Waals surface area (Å²) < 4.78 is 5.88. The zero-order valence-corrected chi connectivity index (χ0v) is 14.4. The molecule has 4 rings (SSSR count). The van der Waals surface area contributed by atoms with Crippen LogP contribution in [0.3, 0.4) is 0 Å². The predicted octanol–water partition coefficient (Wildman–Crippen LogP) is 3.68. The maximum absolute atomic E-state index is 12.3. The number of hydrogen-bond acceptors (Lipinski definition) is 3. The predicted molar refractivity (Wildman–Crippen MR) is 95.2 cm³/mol. The van der Waals surface area contributed by atoms with Gasteiger partial charge in [-0.2, -0.15) is 0 Å². The van der Waals surface area contributed by atoms with Crippen LogP contribution in [-0.2, 0) is 4.79 Å². The van der Waals surface area contributed by atoms with E-state index in [1.807, 2.05) is 24.3 Å². The van der Waals surface area contributed by atoms with Crippen molar-refractivity contribution in [3.8, 4) is 5.75 Å². The standard InChI is InChI=1S/C20H28N2O2/c23-20(16-4-2-1-3-5-16)21-17-8-10-19(11-9-17)24-14-18-13-22(18)12-15-6-7-15/h8-11,15-16,18H,1-7,12-14H2,(H,21,23). The van der Waals surface area contributed by atoms with Crippen molar-refractivity contribution in [1.29, 1.82) is 0 Å².